The number of nitrogens with one attached hydrogen (secondary N) is 2. The number of carbonyl (C=O) groups is 1. The first-order valence-electron chi connectivity index (χ1n) is 7.14. The van der Waals surface area contributed by atoms with Crippen LogP contribution in [0.1, 0.15) is 0 Å². The van der Waals surface area contributed by atoms with Gasteiger partial charge in [-0.3, -0.25) is 0 Å². The van der Waals surface area contributed by atoms with Crippen molar-refractivity contribution in [1.82, 2.24) is 15.0 Å². The summed E-state index contributed by atoms with van der Waals surface area (Å²) in [6.45, 7) is 0. The lowest BCUT2D eigenvalue weighted by atomic mass is 10.3. The van der Waals surface area contributed by atoms with Gasteiger partial charge in [0.05, 0.1) is 10.7 Å². The summed E-state index contributed by atoms with van der Waals surface area (Å²) in [4.78, 5) is 21.6. The third-order valence-corrected chi connectivity index (χ3v) is 3.41. The third-order valence-electron chi connectivity index (χ3n) is 2.74. The summed E-state index contributed by atoms with van der Waals surface area (Å²) in [5, 5.41) is 5.93. The molecule has 0 aliphatic carbocycles. The lowest BCUT2D eigenvalue weighted by Gasteiger charge is -2.06. The summed E-state index contributed by atoms with van der Waals surface area (Å²) in [5.74, 6) is 0.248. The van der Waals surface area contributed by atoms with Gasteiger partial charge in [0, 0.05) is 5.69 Å². The van der Waals surface area contributed by atoms with Crippen LogP contribution in [-0.4, -0.2) is 21.0 Å². The zero-order valence-electron chi connectivity index (χ0n) is 13.2. The van der Waals surface area contributed by atoms with Crippen molar-refractivity contribution in [1.29, 1.82) is 0 Å². The second kappa shape index (κ2) is 9.76. The van der Waals surface area contributed by atoms with Crippen molar-refractivity contribution in [3.05, 3.63) is 70.2 Å². The average molecular weight is 412 g/mol. The van der Waals surface area contributed by atoms with Gasteiger partial charge in [0.15, 0.2) is 0 Å². The van der Waals surface area contributed by atoms with E-state index in [-0.39, 0.29) is 16.5 Å². The van der Waals surface area contributed by atoms with Crippen molar-refractivity contribution in [2.75, 3.05) is 10.6 Å². The number of halogens is 3. The fraction of sp³-hybridized carbons (Fsp3) is 0. The van der Waals surface area contributed by atoms with Crippen LogP contribution in [0.4, 0.5) is 22.1 Å². The molecule has 0 aliphatic heterocycles. The molecule has 0 fully saturated rings. The zero-order valence-corrected chi connectivity index (χ0v) is 15.4. The Balaban J connectivity index is 0.000000209. The smallest absolute Gasteiger partial charge is 0.316 e. The first kappa shape index (κ1) is 19.7. The molecule has 0 radical (unpaired) electrons. The van der Waals surface area contributed by atoms with Gasteiger partial charge in [-0.05, 0) is 47.5 Å². The Labute approximate surface area is 164 Å². The molecule has 1 heterocycles. The summed E-state index contributed by atoms with van der Waals surface area (Å²) < 4.78 is 0. The molecule has 0 bridgehead atoms. The number of primary amides is 1. The topological polar surface area (TPSA) is 106 Å². The van der Waals surface area contributed by atoms with E-state index in [1.165, 1.54) is 0 Å². The van der Waals surface area contributed by atoms with Gasteiger partial charge in [0.2, 0.25) is 16.5 Å². The molecule has 0 spiro atoms. The van der Waals surface area contributed by atoms with E-state index in [4.69, 9.17) is 40.5 Å². The van der Waals surface area contributed by atoms with Crippen LogP contribution >= 0.6 is 34.8 Å². The normalized spacial score (nSPS) is 9.65. The Morgan fingerprint density at radius 3 is 2.00 bits per heavy atom. The van der Waals surface area contributed by atoms with Crippen LogP contribution in [0.25, 0.3) is 0 Å². The summed E-state index contributed by atoms with van der Waals surface area (Å²) >= 11 is 17.2. The van der Waals surface area contributed by atoms with Gasteiger partial charge in [0.1, 0.15) is 0 Å². The van der Waals surface area contributed by atoms with Gasteiger partial charge in [-0.25, -0.2) is 4.79 Å². The number of nitrogens with two attached hydrogens (primary N) is 1. The van der Waals surface area contributed by atoms with Crippen LogP contribution in [-0.2, 0) is 0 Å². The minimum absolute atomic E-state index is 0.0227. The van der Waals surface area contributed by atoms with E-state index in [1.807, 2.05) is 30.3 Å². The van der Waals surface area contributed by atoms with Gasteiger partial charge in [-0.1, -0.05) is 41.9 Å². The molecule has 10 heteroatoms. The number of hydrogen-bond donors (Lipinski definition) is 3. The van der Waals surface area contributed by atoms with Crippen molar-refractivity contribution in [3.8, 4) is 0 Å². The van der Waals surface area contributed by atoms with E-state index < -0.39 is 6.03 Å². The number of benzene rings is 2. The summed E-state index contributed by atoms with van der Waals surface area (Å²) in [6.07, 6.45) is 0. The minimum Gasteiger partial charge on any atom is -0.351 e. The summed E-state index contributed by atoms with van der Waals surface area (Å²) in [7, 11) is 0. The Hall–Kier alpha value is -2.61. The molecule has 0 atom stereocenters. The average Bonchev–Trinajstić information content (AvgIpc) is 2.57. The van der Waals surface area contributed by atoms with E-state index in [2.05, 4.69) is 25.6 Å². The van der Waals surface area contributed by atoms with E-state index in [0.29, 0.717) is 10.7 Å². The largest absolute Gasteiger partial charge is 0.351 e. The maximum atomic E-state index is 10.3. The Morgan fingerprint density at radius 2 is 1.42 bits per heavy atom. The number of aromatic nitrogens is 3. The first-order chi connectivity index (χ1) is 12.4. The zero-order chi connectivity index (χ0) is 18.9. The highest BCUT2D eigenvalue weighted by Crippen LogP contribution is 2.23. The fourth-order valence-corrected chi connectivity index (χ4v) is 2.28. The number of rotatable bonds is 3. The number of amides is 2. The quantitative estimate of drug-likeness (QED) is 0.576. The van der Waals surface area contributed by atoms with Crippen molar-refractivity contribution in [2.45, 2.75) is 0 Å². The van der Waals surface area contributed by atoms with E-state index in [0.717, 1.165) is 5.69 Å². The molecule has 134 valence electrons. The molecule has 0 saturated carbocycles. The summed E-state index contributed by atoms with van der Waals surface area (Å²) in [5.41, 5.74) is 6.26. The van der Waals surface area contributed by atoms with Crippen LogP contribution < -0.4 is 16.4 Å². The number of nitrogens with zero attached hydrogens (tertiary/aromatic N) is 3. The lowest BCUT2D eigenvalue weighted by molar-refractivity contribution is 0.259. The van der Waals surface area contributed by atoms with Gasteiger partial charge >= 0.3 is 6.03 Å². The fourth-order valence-electron chi connectivity index (χ4n) is 1.73. The second-order valence-electron chi connectivity index (χ2n) is 4.66. The predicted octanol–water partition coefficient (Wildman–Crippen LogP) is 4.75. The number of anilines is 3. The molecule has 2 aromatic carbocycles. The molecule has 1 aromatic heterocycles. The Morgan fingerprint density at radius 1 is 0.846 bits per heavy atom. The molecular weight excluding hydrogens is 399 g/mol. The number of para-hydroxylation sites is 2. The van der Waals surface area contributed by atoms with Crippen LogP contribution in [0, 0.1) is 0 Å². The minimum atomic E-state index is -0.536. The third kappa shape index (κ3) is 6.72. The van der Waals surface area contributed by atoms with Crippen LogP contribution in [0.3, 0.4) is 0 Å². The SMILES string of the molecule is Clc1nc(Cl)nc(Nc2ccccc2Cl)n1.NC(=O)Nc1ccccc1. The number of urea groups is 1. The highest BCUT2D eigenvalue weighted by molar-refractivity contribution is 6.33. The monoisotopic (exact) mass is 410 g/mol. The summed E-state index contributed by atoms with van der Waals surface area (Å²) in [6, 6.07) is 15.7. The Kier molecular flexibility index (Phi) is 7.40. The molecule has 3 rings (SSSR count). The maximum Gasteiger partial charge on any atom is 0.316 e. The van der Waals surface area contributed by atoms with E-state index >= 15 is 0 Å². The molecule has 2 amide bonds. The molecule has 4 N–H and O–H groups in total. The maximum absolute atomic E-state index is 10.3. The van der Waals surface area contributed by atoms with Gasteiger partial charge in [-0.2, -0.15) is 15.0 Å². The second-order valence-corrected chi connectivity index (χ2v) is 5.74. The number of carbonyl (C=O) groups excluding carboxylic acids is 1. The molecule has 3 aromatic rings. The van der Waals surface area contributed by atoms with Crippen molar-refractivity contribution in [2.24, 2.45) is 5.73 Å². The standard InChI is InChI=1S/C9H5Cl3N4.C7H8N2O/c10-5-3-1-2-4-6(5)13-9-15-7(11)14-8(12)16-9;8-7(10)9-6-4-2-1-3-5-6/h1-4H,(H,13,14,15,16);1-5H,(H3,8,9,10). The lowest BCUT2D eigenvalue weighted by Crippen LogP contribution is -2.18. The van der Waals surface area contributed by atoms with Crippen molar-refractivity contribution >= 4 is 58.2 Å². The van der Waals surface area contributed by atoms with Gasteiger partial charge in [0.25, 0.3) is 0 Å². The molecule has 7 nitrogen and oxygen atoms in total. The molecule has 0 aliphatic rings. The van der Waals surface area contributed by atoms with Gasteiger partial charge < -0.3 is 16.4 Å². The molecular formula is C16H13Cl3N6O. The van der Waals surface area contributed by atoms with Crippen LogP contribution in [0.2, 0.25) is 15.6 Å². The Bertz CT molecular complexity index is 859. The predicted molar refractivity (Wildman–Crippen MR) is 104 cm³/mol. The van der Waals surface area contributed by atoms with E-state index in [1.54, 1.807) is 24.3 Å². The van der Waals surface area contributed by atoms with E-state index in [9.17, 15) is 4.79 Å². The molecule has 26 heavy (non-hydrogen) atoms. The van der Waals surface area contributed by atoms with Crippen LogP contribution in [0.15, 0.2) is 54.6 Å². The van der Waals surface area contributed by atoms with Crippen molar-refractivity contribution in [3.63, 3.8) is 0 Å². The molecule has 0 unspecified atom stereocenters. The van der Waals surface area contributed by atoms with Crippen molar-refractivity contribution < 1.29 is 4.79 Å². The highest BCUT2D eigenvalue weighted by atomic mass is 35.5. The first-order valence-corrected chi connectivity index (χ1v) is 8.27. The molecule has 0 saturated heterocycles. The van der Waals surface area contributed by atoms with Crippen LogP contribution in [0.5, 0.6) is 0 Å². The highest BCUT2D eigenvalue weighted by Gasteiger charge is 2.05. The number of hydrogen-bond acceptors (Lipinski definition) is 5. The van der Waals surface area contributed by atoms with Gasteiger partial charge in [-0.15, -0.1) is 0 Å².